The number of halogens is 1. The molecule has 0 fully saturated rings. The first-order chi connectivity index (χ1) is 8.75. The fourth-order valence-electron chi connectivity index (χ4n) is 1.32. The maximum Gasteiger partial charge on any atom is 0.238 e. The number of hydrogen-bond donors (Lipinski definition) is 2. The van der Waals surface area contributed by atoms with Crippen molar-refractivity contribution < 1.29 is 13.7 Å². The first-order valence-electron chi connectivity index (χ1n) is 5.26. The molecule has 0 unspecified atom stereocenters. The number of rotatable bonds is 5. The van der Waals surface area contributed by atoms with E-state index in [9.17, 15) is 9.18 Å². The van der Waals surface area contributed by atoms with Crippen LogP contribution in [-0.2, 0) is 11.3 Å². The second-order valence-electron chi connectivity index (χ2n) is 3.48. The van der Waals surface area contributed by atoms with Gasteiger partial charge in [-0.25, -0.2) is 4.39 Å². The lowest BCUT2D eigenvalue weighted by Crippen LogP contribution is -2.28. The van der Waals surface area contributed by atoms with Gasteiger partial charge in [-0.2, -0.15) is 4.98 Å². The van der Waals surface area contributed by atoms with Crippen LogP contribution in [0.5, 0.6) is 0 Å². The maximum atomic E-state index is 13.2. The number of benzene rings is 1. The molecule has 2 N–H and O–H groups in total. The molecule has 0 spiro atoms. The first-order valence-corrected chi connectivity index (χ1v) is 5.26. The Kier molecular flexibility index (Phi) is 3.98. The quantitative estimate of drug-likeness (QED) is 0.825. The second-order valence-corrected chi connectivity index (χ2v) is 3.48. The molecule has 0 bridgehead atoms. The minimum atomic E-state index is -0.469. The van der Waals surface area contributed by atoms with Gasteiger partial charge >= 0.3 is 0 Å². The van der Waals surface area contributed by atoms with E-state index in [2.05, 4.69) is 25.3 Å². The van der Waals surface area contributed by atoms with Crippen LogP contribution >= 0.6 is 0 Å². The zero-order valence-electron chi connectivity index (χ0n) is 9.39. The molecule has 0 aliphatic carbocycles. The zero-order valence-corrected chi connectivity index (χ0v) is 9.39. The summed E-state index contributed by atoms with van der Waals surface area (Å²) >= 11 is 0. The number of anilines is 1. The Morgan fingerprint density at radius 3 is 2.94 bits per heavy atom. The third-order valence-electron chi connectivity index (χ3n) is 2.12. The fraction of sp³-hybridized carbons (Fsp3) is 0.182. The van der Waals surface area contributed by atoms with Gasteiger partial charge in [0.1, 0.15) is 5.82 Å². The number of nitrogens with one attached hydrogen (secondary N) is 2. The number of amides is 1. The van der Waals surface area contributed by atoms with Crippen molar-refractivity contribution in [1.82, 2.24) is 15.5 Å². The van der Waals surface area contributed by atoms with Crippen LogP contribution in [0.1, 0.15) is 5.82 Å². The molecule has 0 aliphatic rings. The predicted octanol–water partition coefficient (Wildman–Crippen LogP) is 0.937. The molecule has 0 saturated carbocycles. The van der Waals surface area contributed by atoms with Gasteiger partial charge < -0.3 is 15.2 Å². The molecule has 1 heterocycles. The van der Waals surface area contributed by atoms with E-state index >= 15 is 0 Å². The number of carbonyl (C=O) groups is 1. The summed E-state index contributed by atoms with van der Waals surface area (Å²) in [5.41, 5.74) is 0.156. The largest absolute Gasteiger partial charge is 0.343 e. The number of aromatic nitrogens is 2. The Morgan fingerprint density at radius 1 is 1.39 bits per heavy atom. The maximum absolute atomic E-state index is 13.2. The van der Waals surface area contributed by atoms with Crippen molar-refractivity contribution in [3.8, 4) is 0 Å². The highest BCUT2D eigenvalue weighted by atomic mass is 19.1. The van der Waals surface area contributed by atoms with Gasteiger partial charge in [0, 0.05) is 0 Å². The Hall–Kier alpha value is -2.28. The van der Waals surface area contributed by atoms with Gasteiger partial charge in [0.15, 0.2) is 5.82 Å². The lowest BCUT2D eigenvalue weighted by Gasteiger charge is -2.06. The normalized spacial score (nSPS) is 10.3. The molecule has 0 aliphatic heterocycles. The molecule has 6 nitrogen and oxygen atoms in total. The number of nitrogens with zero attached hydrogens (tertiary/aromatic N) is 2. The van der Waals surface area contributed by atoms with E-state index in [0.717, 1.165) is 0 Å². The van der Waals surface area contributed by atoms with Gasteiger partial charge in [-0.05, 0) is 12.1 Å². The van der Waals surface area contributed by atoms with Gasteiger partial charge in [0.25, 0.3) is 0 Å². The van der Waals surface area contributed by atoms with Crippen LogP contribution in [0.25, 0.3) is 0 Å². The number of carbonyl (C=O) groups excluding carboxylic acids is 1. The molecule has 1 aromatic heterocycles. The lowest BCUT2D eigenvalue weighted by molar-refractivity contribution is -0.115. The first kappa shape index (κ1) is 12.2. The van der Waals surface area contributed by atoms with E-state index in [1.54, 1.807) is 12.1 Å². The summed E-state index contributed by atoms with van der Waals surface area (Å²) in [7, 11) is 0. The second kappa shape index (κ2) is 5.87. The van der Waals surface area contributed by atoms with E-state index in [4.69, 9.17) is 0 Å². The van der Waals surface area contributed by atoms with Gasteiger partial charge in [0.05, 0.1) is 18.8 Å². The van der Waals surface area contributed by atoms with Gasteiger partial charge in [0.2, 0.25) is 12.3 Å². The third-order valence-corrected chi connectivity index (χ3v) is 2.12. The molecule has 94 valence electrons. The minimum Gasteiger partial charge on any atom is -0.343 e. The molecular weight excluding hydrogens is 239 g/mol. The summed E-state index contributed by atoms with van der Waals surface area (Å²) in [5.74, 6) is -0.360. The Bertz CT molecular complexity index is 516. The summed E-state index contributed by atoms with van der Waals surface area (Å²) in [4.78, 5) is 15.3. The minimum absolute atomic E-state index is 0.0306. The molecule has 2 rings (SSSR count). The van der Waals surface area contributed by atoms with Gasteiger partial charge in [-0.15, -0.1) is 0 Å². The summed E-state index contributed by atoms with van der Waals surface area (Å²) < 4.78 is 17.8. The Balaban J connectivity index is 1.77. The summed E-state index contributed by atoms with van der Waals surface area (Å²) in [5, 5.41) is 8.83. The Labute approximate surface area is 102 Å². The fourth-order valence-corrected chi connectivity index (χ4v) is 1.32. The molecule has 1 amide bonds. The molecule has 7 heteroatoms. The molecule has 18 heavy (non-hydrogen) atoms. The smallest absolute Gasteiger partial charge is 0.238 e. The lowest BCUT2D eigenvalue weighted by atomic mass is 10.3. The number of para-hydroxylation sites is 1. The van der Waals surface area contributed by atoms with Crippen molar-refractivity contribution in [2.24, 2.45) is 0 Å². The average Bonchev–Trinajstić information content (AvgIpc) is 2.85. The number of hydrogen-bond acceptors (Lipinski definition) is 5. The van der Waals surface area contributed by atoms with Gasteiger partial charge in [-0.1, -0.05) is 17.3 Å². The van der Waals surface area contributed by atoms with E-state index < -0.39 is 5.82 Å². The molecule has 1 aromatic carbocycles. The molecule has 2 aromatic rings. The van der Waals surface area contributed by atoms with Crippen molar-refractivity contribution >= 4 is 11.6 Å². The summed E-state index contributed by atoms with van der Waals surface area (Å²) in [6, 6.07) is 5.97. The van der Waals surface area contributed by atoms with Crippen molar-refractivity contribution in [2.45, 2.75) is 6.54 Å². The molecular formula is C11H11FN4O2. The zero-order chi connectivity index (χ0) is 12.8. The van der Waals surface area contributed by atoms with Crippen LogP contribution in [0.3, 0.4) is 0 Å². The van der Waals surface area contributed by atoms with Crippen LogP contribution in [0.4, 0.5) is 10.1 Å². The SMILES string of the molecule is O=C(CNCc1ncon1)Nc1ccccc1F. The van der Waals surface area contributed by atoms with Crippen molar-refractivity contribution in [3.05, 3.63) is 42.3 Å². The topological polar surface area (TPSA) is 80.1 Å². The van der Waals surface area contributed by atoms with Crippen molar-refractivity contribution in [2.75, 3.05) is 11.9 Å². The third kappa shape index (κ3) is 3.36. The molecule has 0 atom stereocenters. The van der Waals surface area contributed by atoms with Crippen LogP contribution in [-0.4, -0.2) is 22.6 Å². The summed E-state index contributed by atoms with van der Waals surface area (Å²) in [6.07, 6.45) is 1.20. The van der Waals surface area contributed by atoms with E-state index in [1.165, 1.54) is 18.5 Å². The van der Waals surface area contributed by atoms with Crippen LogP contribution in [0.2, 0.25) is 0 Å². The molecule has 0 saturated heterocycles. The van der Waals surface area contributed by atoms with Crippen LogP contribution in [0.15, 0.2) is 35.2 Å². The highest BCUT2D eigenvalue weighted by molar-refractivity contribution is 5.92. The standard InChI is InChI=1S/C11H11FN4O2/c12-8-3-1-2-4-9(8)15-11(17)6-13-5-10-14-7-18-16-10/h1-4,7,13H,5-6H2,(H,15,17). The highest BCUT2D eigenvalue weighted by Crippen LogP contribution is 2.11. The van der Waals surface area contributed by atoms with Crippen LogP contribution < -0.4 is 10.6 Å². The monoisotopic (exact) mass is 250 g/mol. The van der Waals surface area contributed by atoms with Crippen molar-refractivity contribution in [3.63, 3.8) is 0 Å². The van der Waals surface area contributed by atoms with Gasteiger partial charge in [-0.3, -0.25) is 4.79 Å². The van der Waals surface area contributed by atoms with Crippen molar-refractivity contribution in [1.29, 1.82) is 0 Å². The van der Waals surface area contributed by atoms with E-state index in [-0.39, 0.29) is 18.1 Å². The highest BCUT2D eigenvalue weighted by Gasteiger charge is 2.06. The molecule has 0 radical (unpaired) electrons. The van der Waals surface area contributed by atoms with Crippen LogP contribution in [0, 0.1) is 5.82 Å². The average molecular weight is 250 g/mol. The Morgan fingerprint density at radius 2 is 2.22 bits per heavy atom. The summed E-state index contributed by atoms with van der Waals surface area (Å²) in [6.45, 7) is 0.337. The van der Waals surface area contributed by atoms with E-state index in [0.29, 0.717) is 12.4 Å². The van der Waals surface area contributed by atoms with E-state index in [1.807, 2.05) is 0 Å². The predicted molar refractivity (Wildman–Crippen MR) is 61.0 cm³/mol.